The van der Waals surface area contributed by atoms with E-state index in [9.17, 15) is 18.3 Å². The fourth-order valence-corrected chi connectivity index (χ4v) is 4.14. The molecule has 0 bridgehead atoms. The van der Waals surface area contributed by atoms with Crippen LogP contribution in [0.4, 0.5) is 0 Å². The Morgan fingerprint density at radius 1 is 1.06 bits per heavy atom. The Balaban J connectivity index is 1.37. The molecule has 1 atom stereocenters. The summed E-state index contributed by atoms with van der Waals surface area (Å²) in [5, 5.41) is 14.7. The van der Waals surface area contributed by atoms with Gasteiger partial charge in [0.25, 0.3) is 5.91 Å². The van der Waals surface area contributed by atoms with Crippen LogP contribution in [-0.2, 0) is 15.6 Å². The molecule has 2 aromatic carbocycles. The molecule has 1 aliphatic heterocycles. The first-order chi connectivity index (χ1) is 14.9. The second-order valence-electron chi connectivity index (χ2n) is 6.75. The number of aromatic nitrogens is 2. The van der Waals surface area contributed by atoms with E-state index in [1.807, 2.05) is 0 Å². The number of phenolic OH excluding ortho intramolecular Hbond substituents is 1. The lowest BCUT2D eigenvalue weighted by molar-refractivity contribution is 0.0746. The lowest BCUT2D eigenvalue weighted by atomic mass is 10.2. The Labute approximate surface area is 178 Å². The van der Waals surface area contributed by atoms with Crippen molar-refractivity contribution in [1.82, 2.24) is 15.0 Å². The molecule has 1 aromatic heterocycles. The zero-order valence-electron chi connectivity index (χ0n) is 16.2. The highest BCUT2D eigenvalue weighted by molar-refractivity contribution is 7.90. The van der Waals surface area contributed by atoms with Crippen LogP contribution in [0.15, 0.2) is 77.0 Å². The number of aromatic hydroxyl groups is 1. The van der Waals surface area contributed by atoms with Crippen LogP contribution in [0.1, 0.15) is 16.2 Å². The number of sulfone groups is 1. The summed E-state index contributed by atoms with van der Waals surface area (Å²) < 4.78 is 30.9. The van der Waals surface area contributed by atoms with E-state index in [1.54, 1.807) is 18.2 Å². The first-order valence-electron chi connectivity index (χ1n) is 9.31. The number of nitrogens with zero attached hydrogens (tertiary/aromatic N) is 4. The average Bonchev–Trinajstić information content (AvgIpc) is 3.23. The number of amides is 1. The summed E-state index contributed by atoms with van der Waals surface area (Å²) in [4.78, 5) is 20.5. The number of rotatable bonds is 6. The number of phenols is 1. The van der Waals surface area contributed by atoms with Crippen molar-refractivity contribution in [2.75, 3.05) is 6.54 Å². The SMILES string of the molecule is O=C(c1ccc(O)cc1)N1CC(Oc2ccc(S(=O)(=O)Cc3ncccn3)cc2)C=N1. The van der Waals surface area contributed by atoms with Gasteiger partial charge in [-0.05, 0) is 54.6 Å². The third-order valence-corrected chi connectivity index (χ3v) is 6.11. The predicted molar refractivity (Wildman–Crippen MR) is 111 cm³/mol. The second-order valence-corrected chi connectivity index (χ2v) is 8.74. The van der Waals surface area contributed by atoms with E-state index in [0.29, 0.717) is 11.3 Å². The van der Waals surface area contributed by atoms with Crippen molar-refractivity contribution in [2.45, 2.75) is 16.8 Å². The number of hydrogen-bond donors (Lipinski definition) is 1. The molecule has 158 valence electrons. The topological polar surface area (TPSA) is 122 Å². The Bertz CT molecular complexity index is 1200. The molecule has 4 rings (SSSR count). The van der Waals surface area contributed by atoms with Gasteiger partial charge in [-0.2, -0.15) is 5.10 Å². The Hall–Kier alpha value is -3.79. The maximum Gasteiger partial charge on any atom is 0.274 e. The van der Waals surface area contributed by atoms with E-state index in [4.69, 9.17) is 4.74 Å². The van der Waals surface area contributed by atoms with Gasteiger partial charge in [0.05, 0.1) is 17.7 Å². The van der Waals surface area contributed by atoms with E-state index in [-0.39, 0.29) is 34.7 Å². The van der Waals surface area contributed by atoms with E-state index in [0.717, 1.165) is 0 Å². The summed E-state index contributed by atoms with van der Waals surface area (Å²) in [6.45, 7) is 0.213. The summed E-state index contributed by atoms with van der Waals surface area (Å²) in [6.07, 6.45) is 4.03. The molecule has 0 saturated heterocycles. The average molecular weight is 438 g/mol. The van der Waals surface area contributed by atoms with Crippen LogP contribution >= 0.6 is 0 Å². The molecule has 0 saturated carbocycles. The molecule has 3 aromatic rings. The van der Waals surface area contributed by atoms with Crippen molar-refractivity contribution in [3.8, 4) is 11.5 Å². The smallest absolute Gasteiger partial charge is 0.274 e. The maximum absolute atomic E-state index is 12.5. The standard InChI is InChI=1S/C21H18N4O5S/c26-16-4-2-15(3-5-16)21(27)25-13-18(12-24-25)30-17-6-8-19(9-7-17)31(28,29)14-20-22-10-1-11-23-20/h1-12,18,26H,13-14H2. The van der Waals surface area contributed by atoms with Crippen molar-refractivity contribution < 1.29 is 23.1 Å². The molecule has 0 radical (unpaired) electrons. The molecule has 1 N–H and O–H groups in total. The predicted octanol–water partition coefficient (Wildman–Crippen LogP) is 2.05. The van der Waals surface area contributed by atoms with Crippen molar-refractivity contribution in [2.24, 2.45) is 5.10 Å². The van der Waals surface area contributed by atoms with Crippen LogP contribution in [0, 0.1) is 0 Å². The van der Waals surface area contributed by atoms with Crippen molar-refractivity contribution in [1.29, 1.82) is 0 Å². The largest absolute Gasteiger partial charge is 0.508 e. The van der Waals surface area contributed by atoms with Crippen LogP contribution in [0.2, 0.25) is 0 Å². The molecule has 0 aliphatic carbocycles. The first-order valence-corrected chi connectivity index (χ1v) is 11.0. The minimum absolute atomic E-state index is 0.0736. The monoisotopic (exact) mass is 438 g/mol. The normalized spacial score (nSPS) is 15.7. The lowest BCUT2D eigenvalue weighted by Gasteiger charge is -2.15. The number of carbonyl (C=O) groups is 1. The van der Waals surface area contributed by atoms with Gasteiger partial charge in [0, 0.05) is 18.0 Å². The summed E-state index contributed by atoms with van der Waals surface area (Å²) in [6, 6.07) is 13.5. The summed E-state index contributed by atoms with van der Waals surface area (Å²) in [5.41, 5.74) is 0.396. The van der Waals surface area contributed by atoms with Crippen LogP contribution in [-0.4, -0.2) is 53.3 Å². The molecular weight excluding hydrogens is 420 g/mol. The van der Waals surface area contributed by atoms with Gasteiger partial charge in [-0.3, -0.25) is 4.79 Å². The molecule has 9 nitrogen and oxygen atoms in total. The summed E-state index contributed by atoms with van der Waals surface area (Å²) in [5.74, 6) is 0.141. The molecule has 1 aliphatic rings. The second kappa shape index (κ2) is 8.52. The number of benzene rings is 2. The molecule has 1 unspecified atom stereocenters. The Morgan fingerprint density at radius 3 is 2.42 bits per heavy atom. The number of hydrazone groups is 1. The minimum Gasteiger partial charge on any atom is -0.508 e. The zero-order valence-corrected chi connectivity index (χ0v) is 17.0. The van der Waals surface area contributed by atoms with Gasteiger partial charge in [-0.25, -0.2) is 23.4 Å². The summed E-state index contributed by atoms with van der Waals surface area (Å²) >= 11 is 0. The van der Waals surface area contributed by atoms with Crippen molar-refractivity contribution >= 4 is 22.0 Å². The van der Waals surface area contributed by atoms with Gasteiger partial charge >= 0.3 is 0 Å². The number of carbonyl (C=O) groups excluding carboxylic acids is 1. The molecule has 31 heavy (non-hydrogen) atoms. The lowest BCUT2D eigenvalue weighted by Crippen LogP contribution is -2.30. The number of ether oxygens (including phenoxy) is 1. The summed E-state index contributed by atoms with van der Waals surface area (Å²) in [7, 11) is -3.59. The van der Waals surface area contributed by atoms with Gasteiger partial charge in [0.15, 0.2) is 15.9 Å². The highest BCUT2D eigenvalue weighted by atomic mass is 32.2. The van der Waals surface area contributed by atoms with Gasteiger partial charge in [0.2, 0.25) is 0 Å². The molecule has 10 heteroatoms. The molecule has 2 heterocycles. The van der Waals surface area contributed by atoms with E-state index in [2.05, 4.69) is 15.1 Å². The fourth-order valence-electron chi connectivity index (χ4n) is 2.93. The van der Waals surface area contributed by atoms with Crippen LogP contribution in [0.5, 0.6) is 11.5 Å². The Kier molecular flexibility index (Phi) is 5.63. The molecule has 0 fully saturated rings. The third-order valence-electron chi connectivity index (χ3n) is 4.48. The van der Waals surface area contributed by atoms with Gasteiger partial charge in [-0.15, -0.1) is 0 Å². The zero-order chi connectivity index (χ0) is 21.8. The van der Waals surface area contributed by atoms with Crippen molar-refractivity contribution in [3.63, 3.8) is 0 Å². The van der Waals surface area contributed by atoms with E-state index in [1.165, 1.54) is 60.0 Å². The first kappa shape index (κ1) is 20.5. The highest BCUT2D eigenvalue weighted by Gasteiger charge is 2.25. The van der Waals surface area contributed by atoms with E-state index < -0.39 is 15.9 Å². The Morgan fingerprint density at radius 2 is 1.74 bits per heavy atom. The molecule has 0 spiro atoms. The maximum atomic E-state index is 12.5. The van der Waals surface area contributed by atoms with E-state index >= 15 is 0 Å². The number of hydrogen-bond acceptors (Lipinski definition) is 8. The molecule has 1 amide bonds. The quantitative estimate of drug-likeness (QED) is 0.625. The van der Waals surface area contributed by atoms with Gasteiger partial charge in [-0.1, -0.05) is 0 Å². The van der Waals surface area contributed by atoms with Crippen LogP contribution < -0.4 is 4.74 Å². The fraction of sp³-hybridized carbons (Fsp3) is 0.143. The van der Waals surface area contributed by atoms with Gasteiger partial charge in [0.1, 0.15) is 23.1 Å². The minimum atomic E-state index is -3.59. The molecular formula is C21H18N4O5S. The van der Waals surface area contributed by atoms with Crippen LogP contribution in [0.25, 0.3) is 0 Å². The third kappa shape index (κ3) is 4.86. The van der Waals surface area contributed by atoms with Crippen molar-refractivity contribution in [3.05, 3.63) is 78.4 Å². The highest BCUT2D eigenvalue weighted by Crippen LogP contribution is 2.21. The van der Waals surface area contributed by atoms with Gasteiger partial charge < -0.3 is 9.84 Å². The van der Waals surface area contributed by atoms with Crippen LogP contribution in [0.3, 0.4) is 0 Å².